The fourth-order valence-electron chi connectivity index (χ4n) is 2.04. The Kier molecular flexibility index (Phi) is 8.01. The lowest BCUT2D eigenvalue weighted by Crippen LogP contribution is -2.42. The van der Waals surface area contributed by atoms with E-state index in [1.54, 1.807) is 20.3 Å². The fraction of sp³-hybridized carbons (Fsp3) is 0.833. The summed E-state index contributed by atoms with van der Waals surface area (Å²) in [6.07, 6.45) is 8.49. The highest BCUT2D eigenvalue weighted by Gasteiger charge is 2.39. The van der Waals surface area contributed by atoms with E-state index < -0.39 is 8.56 Å². The molecule has 0 aromatic rings. The summed E-state index contributed by atoms with van der Waals surface area (Å²) >= 11 is 0. The molecule has 0 saturated heterocycles. The molecule has 1 aliphatic rings. The second kappa shape index (κ2) is 8.08. The molecule has 1 saturated carbocycles. The Morgan fingerprint density at radius 3 is 1.87 bits per heavy atom. The summed E-state index contributed by atoms with van der Waals surface area (Å²) in [6.45, 7) is 7.43. The molecule has 0 aliphatic heterocycles. The van der Waals surface area contributed by atoms with Crippen molar-refractivity contribution in [2.24, 2.45) is 0 Å². The molecule has 0 aromatic carbocycles. The second-order valence-electron chi connectivity index (χ2n) is 4.17. The topological polar surface area (TPSA) is 18.5 Å². The second-order valence-corrected chi connectivity index (χ2v) is 7.83. The molecule has 0 bridgehead atoms. The first-order chi connectivity index (χ1) is 7.14. The highest BCUT2D eigenvalue weighted by Crippen LogP contribution is 2.37. The largest absolute Gasteiger partial charge is 0.398 e. The molecule has 0 spiro atoms. The highest BCUT2D eigenvalue weighted by molar-refractivity contribution is 6.67. The van der Waals surface area contributed by atoms with E-state index >= 15 is 0 Å². The Hall–Kier alpha value is -0.123. The van der Waals surface area contributed by atoms with Gasteiger partial charge in [0.1, 0.15) is 0 Å². The summed E-state index contributed by atoms with van der Waals surface area (Å²) in [5.41, 5.74) is 0.723. The first kappa shape index (κ1) is 14.9. The molecule has 3 heteroatoms. The van der Waals surface area contributed by atoms with E-state index in [2.05, 4.69) is 13.1 Å². The Balaban J connectivity index is 0.000000583. The molecule has 2 nitrogen and oxygen atoms in total. The van der Waals surface area contributed by atoms with Gasteiger partial charge in [-0.05, 0) is 26.3 Å². The minimum Gasteiger partial charge on any atom is -0.398 e. The molecule has 1 rings (SSSR count). The van der Waals surface area contributed by atoms with Gasteiger partial charge in [-0.3, -0.25) is 0 Å². The molecule has 0 amide bonds. The third kappa shape index (κ3) is 4.95. The standard InChI is InChI=1S/C9H20O2Si.C3H6/c1-10-12(3,11-2)9-7-5-4-6-8-9;1-3-2/h9H,4-8H2,1-3H3;3H,1H2,2H3. The van der Waals surface area contributed by atoms with Crippen molar-refractivity contribution in [3.8, 4) is 0 Å². The van der Waals surface area contributed by atoms with E-state index in [-0.39, 0.29) is 0 Å². The van der Waals surface area contributed by atoms with Crippen molar-refractivity contribution in [3.05, 3.63) is 12.7 Å². The van der Waals surface area contributed by atoms with Gasteiger partial charge in [0.2, 0.25) is 0 Å². The SMILES string of the molecule is C=CC.CO[Si](C)(OC)C1CCCCC1. The summed E-state index contributed by atoms with van der Waals surface area (Å²) in [5.74, 6) is 0. The molecule has 1 fully saturated rings. The van der Waals surface area contributed by atoms with Gasteiger partial charge < -0.3 is 8.85 Å². The Bertz CT molecular complexity index is 161. The van der Waals surface area contributed by atoms with Crippen LogP contribution in [-0.4, -0.2) is 22.8 Å². The predicted molar refractivity (Wildman–Crippen MR) is 68.3 cm³/mol. The Morgan fingerprint density at radius 2 is 1.53 bits per heavy atom. The van der Waals surface area contributed by atoms with Gasteiger partial charge in [0.05, 0.1) is 0 Å². The van der Waals surface area contributed by atoms with E-state index in [1.165, 1.54) is 32.1 Å². The van der Waals surface area contributed by atoms with E-state index in [1.807, 2.05) is 6.92 Å². The smallest absolute Gasteiger partial charge is 0.337 e. The molecule has 15 heavy (non-hydrogen) atoms. The van der Waals surface area contributed by atoms with E-state index in [4.69, 9.17) is 8.85 Å². The van der Waals surface area contributed by atoms with E-state index in [0.29, 0.717) is 0 Å². The zero-order valence-electron chi connectivity index (χ0n) is 10.7. The first-order valence-electron chi connectivity index (χ1n) is 5.82. The highest BCUT2D eigenvalue weighted by atomic mass is 28.4. The fourth-order valence-corrected chi connectivity index (χ4v) is 4.33. The maximum absolute atomic E-state index is 5.54. The van der Waals surface area contributed by atoms with Crippen LogP contribution in [0.25, 0.3) is 0 Å². The van der Waals surface area contributed by atoms with Gasteiger partial charge in [0.15, 0.2) is 0 Å². The van der Waals surface area contributed by atoms with E-state index in [9.17, 15) is 0 Å². The van der Waals surface area contributed by atoms with Crippen LogP contribution in [0.4, 0.5) is 0 Å². The van der Waals surface area contributed by atoms with Crippen molar-refractivity contribution in [1.82, 2.24) is 0 Å². The van der Waals surface area contributed by atoms with Crippen LogP contribution in [0.5, 0.6) is 0 Å². The van der Waals surface area contributed by atoms with Gasteiger partial charge >= 0.3 is 8.56 Å². The van der Waals surface area contributed by atoms with Crippen LogP contribution in [0.2, 0.25) is 12.1 Å². The molecular weight excluding hydrogens is 204 g/mol. The van der Waals surface area contributed by atoms with Gasteiger partial charge in [0, 0.05) is 19.8 Å². The lowest BCUT2D eigenvalue weighted by Gasteiger charge is -2.34. The van der Waals surface area contributed by atoms with Gasteiger partial charge in [-0.1, -0.05) is 25.3 Å². The average molecular weight is 230 g/mol. The molecular formula is C12H26O2Si. The van der Waals surface area contributed by atoms with Crippen molar-refractivity contribution >= 4 is 8.56 Å². The van der Waals surface area contributed by atoms with Crippen molar-refractivity contribution in [2.45, 2.75) is 51.1 Å². The number of rotatable bonds is 3. The summed E-state index contributed by atoms with van der Waals surface area (Å²) in [6, 6.07) is 0. The summed E-state index contributed by atoms with van der Waals surface area (Å²) < 4.78 is 11.1. The van der Waals surface area contributed by atoms with Crippen LogP contribution < -0.4 is 0 Å². The van der Waals surface area contributed by atoms with Gasteiger partial charge in [-0.15, -0.1) is 6.58 Å². The molecule has 1 aliphatic carbocycles. The van der Waals surface area contributed by atoms with Crippen LogP contribution >= 0.6 is 0 Å². The summed E-state index contributed by atoms with van der Waals surface area (Å²) in [7, 11) is 1.80. The van der Waals surface area contributed by atoms with Crippen molar-refractivity contribution < 1.29 is 8.85 Å². The minimum atomic E-state index is -1.80. The summed E-state index contributed by atoms with van der Waals surface area (Å²) in [4.78, 5) is 0. The van der Waals surface area contributed by atoms with Gasteiger partial charge in [0.25, 0.3) is 0 Å². The molecule has 0 unspecified atom stereocenters. The monoisotopic (exact) mass is 230 g/mol. The maximum Gasteiger partial charge on any atom is 0.337 e. The van der Waals surface area contributed by atoms with Crippen LogP contribution in [0.15, 0.2) is 12.7 Å². The maximum atomic E-state index is 5.54. The number of hydrogen-bond acceptors (Lipinski definition) is 2. The minimum absolute atomic E-state index is 0.723. The molecule has 0 aromatic heterocycles. The normalized spacial score (nSPS) is 17.9. The third-order valence-electron chi connectivity index (χ3n) is 3.16. The lowest BCUT2D eigenvalue weighted by molar-refractivity contribution is 0.224. The zero-order chi connectivity index (χ0) is 11.7. The first-order valence-corrected chi connectivity index (χ1v) is 8.21. The van der Waals surface area contributed by atoms with Crippen molar-refractivity contribution in [2.75, 3.05) is 14.2 Å². The van der Waals surface area contributed by atoms with Crippen LogP contribution in [0, 0.1) is 0 Å². The van der Waals surface area contributed by atoms with Crippen molar-refractivity contribution in [3.63, 3.8) is 0 Å². The Labute approximate surface area is 95.9 Å². The van der Waals surface area contributed by atoms with Gasteiger partial charge in [-0.2, -0.15) is 0 Å². The lowest BCUT2D eigenvalue weighted by atomic mass is 10.0. The molecule has 90 valence electrons. The van der Waals surface area contributed by atoms with Crippen LogP contribution in [0.3, 0.4) is 0 Å². The molecule has 0 radical (unpaired) electrons. The third-order valence-corrected chi connectivity index (χ3v) is 6.84. The van der Waals surface area contributed by atoms with E-state index in [0.717, 1.165) is 5.54 Å². The molecule has 0 atom stereocenters. The quantitative estimate of drug-likeness (QED) is 0.541. The van der Waals surface area contributed by atoms with Crippen LogP contribution in [-0.2, 0) is 8.85 Å². The zero-order valence-corrected chi connectivity index (χ0v) is 11.7. The molecule has 0 heterocycles. The van der Waals surface area contributed by atoms with Crippen molar-refractivity contribution in [1.29, 1.82) is 0 Å². The summed E-state index contributed by atoms with van der Waals surface area (Å²) in [5, 5.41) is 0. The average Bonchev–Trinajstić information content (AvgIpc) is 2.30. The Morgan fingerprint density at radius 1 is 1.13 bits per heavy atom. The predicted octanol–water partition coefficient (Wildman–Crippen LogP) is 3.88. The molecule has 0 N–H and O–H groups in total. The van der Waals surface area contributed by atoms with Crippen LogP contribution in [0.1, 0.15) is 39.0 Å². The number of hydrogen-bond donors (Lipinski definition) is 0. The number of allylic oxidation sites excluding steroid dienone is 1. The van der Waals surface area contributed by atoms with Gasteiger partial charge in [-0.25, -0.2) is 0 Å².